The first-order valence-electron chi connectivity index (χ1n) is 6.45. The van der Waals surface area contributed by atoms with Crippen molar-refractivity contribution >= 4 is 11.6 Å². The molecule has 0 radical (unpaired) electrons. The third-order valence-electron chi connectivity index (χ3n) is 3.22. The normalized spacial score (nSPS) is 19.4. The monoisotopic (exact) mass is 248 g/mol. The molecule has 0 bridgehead atoms. The Labute approximate surface area is 108 Å². The van der Waals surface area contributed by atoms with E-state index in [0.717, 1.165) is 31.6 Å². The van der Waals surface area contributed by atoms with Crippen molar-refractivity contribution in [2.24, 2.45) is 5.92 Å². The van der Waals surface area contributed by atoms with Gasteiger partial charge in [-0.25, -0.2) is 0 Å². The maximum Gasteiger partial charge on any atom is 0.225 e. The molecule has 1 aliphatic rings. The van der Waals surface area contributed by atoms with Crippen LogP contribution >= 0.6 is 0 Å². The number of carbonyl (C=O) groups is 1. The first-order chi connectivity index (χ1) is 8.75. The van der Waals surface area contributed by atoms with Crippen LogP contribution in [0.3, 0.4) is 0 Å². The molecule has 1 unspecified atom stereocenters. The number of nitrogen functional groups attached to an aromatic ring is 1. The Morgan fingerprint density at radius 3 is 2.83 bits per heavy atom. The van der Waals surface area contributed by atoms with Crippen LogP contribution in [0.2, 0.25) is 0 Å². The van der Waals surface area contributed by atoms with Gasteiger partial charge >= 0.3 is 0 Å². The van der Waals surface area contributed by atoms with E-state index in [2.05, 4.69) is 5.32 Å². The van der Waals surface area contributed by atoms with Gasteiger partial charge in [0.2, 0.25) is 5.91 Å². The molecule has 4 nitrogen and oxygen atoms in total. The molecule has 1 amide bonds. The van der Waals surface area contributed by atoms with Crippen LogP contribution in [0.15, 0.2) is 24.3 Å². The molecule has 0 spiro atoms. The molecule has 1 fully saturated rings. The van der Waals surface area contributed by atoms with Crippen LogP contribution in [0.5, 0.6) is 0 Å². The Balaban J connectivity index is 1.71. The van der Waals surface area contributed by atoms with Gasteiger partial charge in [-0.2, -0.15) is 0 Å². The number of ether oxygens (including phenoxy) is 1. The van der Waals surface area contributed by atoms with E-state index in [1.807, 2.05) is 24.3 Å². The largest absolute Gasteiger partial charge is 0.399 e. The van der Waals surface area contributed by atoms with Crippen molar-refractivity contribution in [3.05, 3.63) is 29.8 Å². The zero-order chi connectivity index (χ0) is 12.8. The molecule has 0 saturated carbocycles. The number of anilines is 1. The molecule has 0 aliphatic carbocycles. The van der Waals surface area contributed by atoms with Crippen molar-refractivity contribution in [3.8, 4) is 0 Å². The summed E-state index contributed by atoms with van der Waals surface area (Å²) in [4.78, 5) is 11.8. The summed E-state index contributed by atoms with van der Waals surface area (Å²) in [5, 5.41) is 2.97. The number of nitrogens with two attached hydrogens (primary N) is 1. The molecule has 1 aromatic rings. The van der Waals surface area contributed by atoms with Crippen molar-refractivity contribution in [2.75, 3.05) is 25.5 Å². The topological polar surface area (TPSA) is 64.3 Å². The zero-order valence-electron chi connectivity index (χ0n) is 10.5. The number of hydrogen-bond acceptors (Lipinski definition) is 3. The molecule has 0 aromatic heterocycles. The summed E-state index contributed by atoms with van der Waals surface area (Å²) in [7, 11) is 0. The summed E-state index contributed by atoms with van der Waals surface area (Å²) in [6.07, 6.45) is 2.75. The first kappa shape index (κ1) is 12.9. The molecule has 1 atom stereocenters. The van der Waals surface area contributed by atoms with Gasteiger partial charge in [-0.05, 0) is 37.0 Å². The van der Waals surface area contributed by atoms with Gasteiger partial charge in [-0.15, -0.1) is 0 Å². The minimum atomic E-state index is 0.0326. The average Bonchev–Trinajstić information content (AvgIpc) is 2.42. The van der Waals surface area contributed by atoms with E-state index in [-0.39, 0.29) is 11.8 Å². The molecular weight excluding hydrogens is 228 g/mol. The molecule has 18 heavy (non-hydrogen) atoms. The lowest BCUT2D eigenvalue weighted by Crippen LogP contribution is -2.36. The van der Waals surface area contributed by atoms with Gasteiger partial charge in [-0.3, -0.25) is 4.79 Å². The predicted molar refractivity (Wildman–Crippen MR) is 71.1 cm³/mol. The van der Waals surface area contributed by atoms with Gasteiger partial charge in [0.1, 0.15) is 0 Å². The Bertz CT molecular complexity index is 383. The average molecular weight is 248 g/mol. The van der Waals surface area contributed by atoms with Crippen molar-refractivity contribution in [1.29, 1.82) is 0 Å². The van der Waals surface area contributed by atoms with E-state index >= 15 is 0 Å². The second-order valence-corrected chi connectivity index (χ2v) is 4.70. The SMILES string of the molecule is Nc1ccc(CCNC(=O)C2CCCOC2)cc1. The Morgan fingerprint density at radius 2 is 2.17 bits per heavy atom. The molecular formula is C14H20N2O2. The van der Waals surface area contributed by atoms with E-state index in [9.17, 15) is 4.79 Å². The van der Waals surface area contributed by atoms with Crippen LogP contribution in [-0.2, 0) is 16.0 Å². The van der Waals surface area contributed by atoms with Gasteiger partial charge in [0.05, 0.1) is 12.5 Å². The van der Waals surface area contributed by atoms with Crippen LogP contribution in [0.4, 0.5) is 5.69 Å². The van der Waals surface area contributed by atoms with E-state index in [1.165, 1.54) is 5.56 Å². The summed E-state index contributed by atoms with van der Waals surface area (Å²) >= 11 is 0. The minimum Gasteiger partial charge on any atom is -0.399 e. The highest BCUT2D eigenvalue weighted by molar-refractivity contribution is 5.78. The van der Waals surface area contributed by atoms with Crippen LogP contribution < -0.4 is 11.1 Å². The highest BCUT2D eigenvalue weighted by atomic mass is 16.5. The number of hydrogen-bond donors (Lipinski definition) is 2. The second-order valence-electron chi connectivity index (χ2n) is 4.70. The zero-order valence-corrected chi connectivity index (χ0v) is 10.5. The molecule has 1 aliphatic heterocycles. The molecule has 4 heteroatoms. The fourth-order valence-electron chi connectivity index (χ4n) is 2.11. The Kier molecular flexibility index (Phi) is 4.59. The number of carbonyl (C=O) groups excluding carboxylic acids is 1. The lowest BCUT2D eigenvalue weighted by atomic mass is 10.0. The lowest BCUT2D eigenvalue weighted by Gasteiger charge is -2.21. The molecule has 3 N–H and O–H groups in total. The second kappa shape index (κ2) is 6.40. The molecule has 2 rings (SSSR count). The van der Waals surface area contributed by atoms with Crippen molar-refractivity contribution in [1.82, 2.24) is 5.32 Å². The van der Waals surface area contributed by atoms with Gasteiger partial charge in [0.25, 0.3) is 0 Å². The maximum atomic E-state index is 11.8. The molecule has 1 saturated heterocycles. The molecule has 98 valence electrons. The molecule has 1 aromatic carbocycles. The highest BCUT2D eigenvalue weighted by Crippen LogP contribution is 2.13. The standard InChI is InChI=1S/C14H20N2O2/c15-13-5-3-11(4-6-13)7-8-16-14(17)12-2-1-9-18-10-12/h3-6,12H,1-2,7-10,15H2,(H,16,17). The van der Waals surface area contributed by atoms with Crippen molar-refractivity contribution in [2.45, 2.75) is 19.3 Å². The summed E-state index contributed by atoms with van der Waals surface area (Å²) in [5.74, 6) is 0.148. The van der Waals surface area contributed by atoms with Gasteiger partial charge < -0.3 is 15.8 Å². The fourth-order valence-corrected chi connectivity index (χ4v) is 2.11. The summed E-state index contributed by atoms with van der Waals surface area (Å²) in [6, 6.07) is 7.74. The quantitative estimate of drug-likeness (QED) is 0.791. The van der Waals surface area contributed by atoms with Gasteiger partial charge in [0.15, 0.2) is 0 Å². The van der Waals surface area contributed by atoms with E-state index in [4.69, 9.17) is 10.5 Å². The van der Waals surface area contributed by atoms with Crippen molar-refractivity contribution < 1.29 is 9.53 Å². The van der Waals surface area contributed by atoms with E-state index < -0.39 is 0 Å². The third-order valence-corrected chi connectivity index (χ3v) is 3.22. The van der Waals surface area contributed by atoms with Gasteiger partial charge in [-0.1, -0.05) is 12.1 Å². The summed E-state index contributed by atoms with van der Waals surface area (Å²) < 4.78 is 5.31. The lowest BCUT2D eigenvalue weighted by molar-refractivity contribution is -0.128. The van der Waals surface area contributed by atoms with E-state index in [0.29, 0.717) is 13.2 Å². The number of rotatable bonds is 4. The highest BCUT2D eigenvalue weighted by Gasteiger charge is 2.20. The Hall–Kier alpha value is -1.55. The fraction of sp³-hybridized carbons (Fsp3) is 0.500. The first-order valence-corrected chi connectivity index (χ1v) is 6.45. The van der Waals surface area contributed by atoms with E-state index in [1.54, 1.807) is 0 Å². The summed E-state index contributed by atoms with van der Waals surface area (Å²) in [6.45, 7) is 2.02. The van der Waals surface area contributed by atoms with Crippen LogP contribution in [0, 0.1) is 5.92 Å². The molecule has 1 heterocycles. The third kappa shape index (κ3) is 3.74. The predicted octanol–water partition coefficient (Wildman–Crippen LogP) is 1.35. The smallest absolute Gasteiger partial charge is 0.225 e. The maximum absolute atomic E-state index is 11.8. The van der Waals surface area contributed by atoms with Crippen LogP contribution in [0.1, 0.15) is 18.4 Å². The number of benzene rings is 1. The minimum absolute atomic E-state index is 0.0326. The Morgan fingerprint density at radius 1 is 1.39 bits per heavy atom. The van der Waals surface area contributed by atoms with Crippen molar-refractivity contribution in [3.63, 3.8) is 0 Å². The number of amides is 1. The van der Waals surface area contributed by atoms with Gasteiger partial charge in [0, 0.05) is 18.8 Å². The number of nitrogens with one attached hydrogen (secondary N) is 1. The summed E-state index contributed by atoms with van der Waals surface area (Å²) in [5.41, 5.74) is 7.57. The van der Waals surface area contributed by atoms with Crippen LogP contribution in [-0.4, -0.2) is 25.7 Å². The van der Waals surface area contributed by atoms with Crippen LogP contribution in [0.25, 0.3) is 0 Å².